The summed E-state index contributed by atoms with van der Waals surface area (Å²) in [6.07, 6.45) is 2.94. The van der Waals surface area contributed by atoms with Gasteiger partial charge in [-0.1, -0.05) is 0 Å². The van der Waals surface area contributed by atoms with Gasteiger partial charge < -0.3 is 10.2 Å². The second-order valence-corrected chi connectivity index (χ2v) is 5.26. The highest BCUT2D eigenvalue weighted by Gasteiger charge is 2.34. The predicted octanol–water partition coefficient (Wildman–Crippen LogP) is 1.60. The van der Waals surface area contributed by atoms with Gasteiger partial charge in [0.25, 0.3) is 6.43 Å². The molecule has 2 aromatic heterocycles. The third-order valence-corrected chi connectivity index (χ3v) is 3.76. The van der Waals surface area contributed by atoms with E-state index in [1.165, 1.54) is 22.2 Å². The average Bonchev–Trinajstić information content (AvgIpc) is 3.23. The first-order valence-electron chi connectivity index (χ1n) is 7.27. The minimum atomic E-state index is -2.51. The number of rotatable bonds is 4. The summed E-state index contributed by atoms with van der Waals surface area (Å²) in [5.41, 5.74) is 0.798. The quantitative estimate of drug-likeness (QED) is 0.928. The standard InChI is InChI=1S/C14H16F2N6O/c15-13(16)11-2-1-5-21(11)14(23)19-7-10-3-4-18-12(6-10)22-9-17-8-20-22/h3-4,6,8-9,11,13H,1-2,5,7H2,(H,19,23)/t11-/m0/s1. The van der Waals surface area contributed by atoms with Crippen LogP contribution in [0.1, 0.15) is 18.4 Å². The molecule has 2 aromatic rings. The molecule has 23 heavy (non-hydrogen) atoms. The number of urea groups is 1. The lowest BCUT2D eigenvalue weighted by molar-refractivity contribution is 0.0606. The Morgan fingerprint density at radius 1 is 1.48 bits per heavy atom. The molecule has 1 atom stereocenters. The van der Waals surface area contributed by atoms with E-state index in [9.17, 15) is 13.6 Å². The van der Waals surface area contributed by atoms with E-state index in [0.717, 1.165) is 5.56 Å². The molecule has 1 aliphatic rings. The largest absolute Gasteiger partial charge is 0.334 e. The summed E-state index contributed by atoms with van der Waals surface area (Å²) in [6, 6.07) is 2.05. The molecule has 1 fully saturated rings. The summed E-state index contributed by atoms with van der Waals surface area (Å²) in [5, 5.41) is 6.66. The van der Waals surface area contributed by atoms with Crippen LogP contribution in [0.25, 0.3) is 5.82 Å². The van der Waals surface area contributed by atoms with Gasteiger partial charge in [-0.2, -0.15) is 5.10 Å². The van der Waals surface area contributed by atoms with Crippen molar-refractivity contribution < 1.29 is 13.6 Å². The van der Waals surface area contributed by atoms with E-state index in [4.69, 9.17) is 0 Å². The number of nitrogens with one attached hydrogen (secondary N) is 1. The number of nitrogens with zero attached hydrogens (tertiary/aromatic N) is 5. The van der Waals surface area contributed by atoms with Crippen molar-refractivity contribution in [2.24, 2.45) is 0 Å². The van der Waals surface area contributed by atoms with E-state index >= 15 is 0 Å². The molecule has 0 saturated carbocycles. The van der Waals surface area contributed by atoms with Crippen LogP contribution in [0.5, 0.6) is 0 Å². The molecule has 0 unspecified atom stereocenters. The fourth-order valence-electron chi connectivity index (χ4n) is 2.61. The van der Waals surface area contributed by atoms with Crippen molar-refractivity contribution in [2.45, 2.75) is 31.9 Å². The molecular weight excluding hydrogens is 306 g/mol. The van der Waals surface area contributed by atoms with E-state index in [1.54, 1.807) is 18.3 Å². The number of likely N-dealkylation sites (tertiary alicyclic amines) is 1. The van der Waals surface area contributed by atoms with E-state index in [2.05, 4.69) is 20.4 Å². The second kappa shape index (κ2) is 6.67. The van der Waals surface area contributed by atoms with Crippen molar-refractivity contribution >= 4 is 6.03 Å². The van der Waals surface area contributed by atoms with Crippen molar-refractivity contribution in [1.82, 2.24) is 30.0 Å². The third-order valence-electron chi connectivity index (χ3n) is 3.76. The van der Waals surface area contributed by atoms with Crippen LogP contribution < -0.4 is 5.32 Å². The minimum Gasteiger partial charge on any atom is -0.334 e. The van der Waals surface area contributed by atoms with Gasteiger partial charge in [0.1, 0.15) is 12.7 Å². The number of carbonyl (C=O) groups is 1. The summed E-state index contributed by atoms with van der Waals surface area (Å²) in [6.45, 7) is 0.594. The first-order chi connectivity index (χ1) is 11.1. The molecule has 9 heteroatoms. The zero-order chi connectivity index (χ0) is 16.2. The highest BCUT2D eigenvalue weighted by molar-refractivity contribution is 5.74. The normalized spacial score (nSPS) is 17.7. The molecular formula is C14H16F2N6O. The van der Waals surface area contributed by atoms with E-state index in [1.807, 2.05) is 0 Å². The van der Waals surface area contributed by atoms with Crippen molar-refractivity contribution in [3.8, 4) is 5.82 Å². The molecule has 3 heterocycles. The molecule has 122 valence electrons. The highest BCUT2D eigenvalue weighted by atomic mass is 19.3. The number of carbonyl (C=O) groups excluding carboxylic acids is 1. The number of halogens is 2. The number of amides is 2. The Labute approximate surface area is 131 Å². The van der Waals surface area contributed by atoms with Crippen LogP contribution in [-0.2, 0) is 6.54 Å². The maximum absolute atomic E-state index is 12.9. The molecule has 0 bridgehead atoms. The summed E-state index contributed by atoms with van der Waals surface area (Å²) >= 11 is 0. The fourth-order valence-corrected chi connectivity index (χ4v) is 2.61. The number of pyridine rings is 1. The fraction of sp³-hybridized carbons (Fsp3) is 0.429. The molecule has 1 saturated heterocycles. The summed E-state index contributed by atoms with van der Waals surface area (Å²) in [7, 11) is 0. The molecule has 0 radical (unpaired) electrons. The second-order valence-electron chi connectivity index (χ2n) is 5.26. The zero-order valence-electron chi connectivity index (χ0n) is 12.3. The maximum atomic E-state index is 12.9. The number of hydrogen-bond donors (Lipinski definition) is 1. The monoisotopic (exact) mass is 322 g/mol. The van der Waals surface area contributed by atoms with Crippen molar-refractivity contribution in [3.05, 3.63) is 36.5 Å². The van der Waals surface area contributed by atoms with Gasteiger partial charge in [0, 0.05) is 19.3 Å². The Bertz CT molecular complexity index is 663. The van der Waals surface area contributed by atoms with E-state index < -0.39 is 18.5 Å². The Hall–Kier alpha value is -2.58. The summed E-state index contributed by atoms with van der Waals surface area (Å²) in [4.78, 5) is 21.3. The van der Waals surface area contributed by atoms with Crippen molar-refractivity contribution in [2.75, 3.05) is 6.54 Å². The first-order valence-corrected chi connectivity index (χ1v) is 7.27. The lowest BCUT2D eigenvalue weighted by Crippen LogP contribution is -2.45. The van der Waals surface area contributed by atoms with Crippen LogP contribution in [0.4, 0.5) is 13.6 Å². The molecule has 7 nitrogen and oxygen atoms in total. The lowest BCUT2D eigenvalue weighted by atomic mass is 10.2. The SMILES string of the molecule is O=C(NCc1ccnc(-n2cncn2)c1)N1CCC[C@H]1C(F)F. The Morgan fingerprint density at radius 3 is 3.09 bits per heavy atom. The van der Waals surface area contributed by atoms with Crippen LogP contribution in [0.2, 0.25) is 0 Å². The number of hydrogen-bond acceptors (Lipinski definition) is 4. The van der Waals surface area contributed by atoms with Crippen LogP contribution >= 0.6 is 0 Å². The average molecular weight is 322 g/mol. The van der Waals surface area contributed by atoms with E-state index in [-0.39, 0.29) is 6.54 Å². The molecule has 2 amide bonds. The van der Waals surface area contributed by atoms with Gasteiger partial charge in [0.15, 0.2) is 5.82 Å². The molecule has 3 rings (SSSR count). The van der Waals surface area contributed by atoms with Gasteiger partial charge in [-0.25, -0.2) is 28.2 Å². The van der Waals surface area contributed by atoms with Gasteiger partial charge in [-0.3, -0.25) is 0 Å². The zero-order valence-corrected chi connectivity index (χ0v) is 12.3. The Morgan fingerprint density at radius 2 is 2.35 bits per heavy atom. The third kappa shape index (κ3) is 3.43. The first kappa shape index (κ1) is 15.3. The van der Waals surface area contributed by atoms with Crippen LogP contribution in [0, 0.1) is 0 Å². The topological polar surface area (TPSA) is 75.9 Å². The smallest absolute Gasteiger partial charge is 0.318 e. The maximum Gasteiger partial charge on any atom is 0.318 e. The van der Waals surface area contributed by atoms with E-state index in [0.29, 0.717) is 25.2 Å². The summed E-state index contributed by atoms with van der Waals surface area (Å²) in [5.74, 6) is 0.570. The summed E-state index contributed by atoms with van der Waals surface area (Å²) < 4.78 is 27.3. The molecule has 0 aliphatic carbocycles. The minimum absolute atomic E-state index is 0.232. The molecule has 0 spiro atoms. The van der Waals surface area contributed by atoms with Gasteiger partial charge in [0.05, 0.1) is 6.04 Å². The van der Waals surface area contributed by atoms with Crippen molar-refractivity contribution in [1.29, 1.82) is 0 Å². The van der Waals surface area contributed by atoms with Gasteiger partial charge in [-0.05, 0) is 30.5 Å². The Balaban J connectivity index is 1.62. The van der Waals surface area contributed by atoms with Gasteiger partial charge in [-0.15, -0.1) is 0 Å². The van der Waals surface area contributed by atoms with Crippen LogP contribution in [-0.4, -0.2) is 49.7 Å². The van der Waals surface area contributed by atoms with Gasteiger partial charge >= 0.3 is 6.03 Å². The lowest BCUT2D eigenvalue weighted by Gasteiger charge is -2.24. The Kier molecular flexibility index (Phi) is 4.45. The van der Waals surface area contributed by atoms with Gasteiger partial charge in [0.2, 0.25) is 0 Å². The molecule has 1 N–H and O–H groups in total. The van der Waals surface area contributed by atoms with Crippen LogP contribution in [0.3, 0.4) is 0 Å². The molecule has 1 aliphatic heterocycles. The molecule has 0 aromatic carbocycles. The number of alkyl halides is 2. The predicted molar refractivity (Wildman–Crippen MR) is 77.1 cm³/mol. The van der Waals surface area contributed by atoms with Crippen molar-refractivity contribution in [3.63, 3.8) is 0 Å². The van der Waals surface area contributed by atoms with Crippen LogP contribution in [0.15, 0.2) is 31.0 Å². The highest BCUT2D eigenvalue weighted by Crippen LogP contribution is 2.22. The number of aromatic nitrogens is 4.